The summed E-state index contributed by atoms with van der Waals surface area (Å²) in [5, 5.41) is 0.782. The maximum atomic E-state index is 6.38. The van der Waals surface area contributed by atoms with Gasteiger partial charge < -0.3 is 9.47 Å². The number of aromatic nitrogens is 1. The first-order valence-electron chi connectivity index (χ1n) is 8.06. The molecule has 0 amide bonds. The molecule has 2 heterocycles. The summed E-state index contributed by atoms with van der Waals surface area (Å²) in [7, 11) is 3.35. The highest BCUT2D eigenvalue weighted by Crippen LogP contribution is 2.39. The number of benzene rings is 1. The molecule has 24 heavy (non-hydrogen) atoms. The fraction of sp³-hybridized carbons (Fsp3) is 0.421. The van der Waals surface area contributed by atoms with E-state index in [0.29, 0.717) is 0 Å². The molecule has 0 saturated heterocycles. The van der Waals surface area contributed by atoms with Gasteiger partial charge in [0.25, 0.3) is 0 Å². The number of fused-ring (bicyclic) bond motifs is 1. The molecule has 1 atom stereocenters. The Balaban J connectivity index is 1.89. The Bertz CT molecular complexity index is 776. The standard InChI is InChI=1S/C19H23ClN2O2/c1-11-16-10-22(13(3)19(16)21-12(2)18(11)20)9-14-6-7-15(23-4)8-17(14)24-5/h6-8,13H,9-10H2,1-5H3. The van der Waals surface area contributed by atoms with E-state index in [1.54, 1.807) is 14.2 Å². The first-order valence-corrected chi connectivity index (χ1v) is 8.44. The molecule has 128 valence electrons. The lowest BCUT2D eigenvalue weighted by molar-refractivity contribution is 0.214. The summed E-state index contributed by atoms with van der Waals surface area (Å²) in [5.41, 5.74) is 5.59. The van der Waals surface area contributed by atoms with Gasteiger partial charge in [-0.3, -0.25) is 9.88 Å². The molecular formula is C19H23ClN2O2. The van der Waals surface area contributed by atoms with Crippen LogP contribution in [0.15, 0.2) is 18.2 Å². The fourth-order valence-electron chi connectivity index (χ4n) is 3.35. The molecule has 2 aromatic rings. The Morgan fingerprint density at radius 1 is 1.25 bits per heavy atom. The third-order valence-electron chi connectivity index (χ3n) is 4.87. The van der Waals surface area contributed by atoms with E-state index in [4.69, 9.17) is 26.1 Å². The van der Waals surface area contributed by atoms with E-state index in [1.165, 1.54) is 5.56 Å². The zero-order valence-corrected chi connectivity index (χ0v) is 15.6. The second-order valence-corrected chi connectivity index (χ2v) is 6.64. The average Bonchev–Trinajstić information content (AvgIpc) is 2.89. The van der Waals surface area contributed by atoms with E-state index in [2.05, 4.69) is 24.8 Å². The van der Waals surface area contributed by atoms with Gasteiger partial charge in [-0.25, -0.2) is 0 Å². The molecular weight excluding hydrogens is 324 g/mol. The smallest absolute Gasteiger partial charge is 0.127 e. The highest BCUT2D eigenvalue weighted by Gasteiger charge is 2.31. The molecule has 1 aliphatic rings. The predicted molar refractivity (Wildman–Crippen MR) is 95.9 cm³/mol. The number of pyridine rings is 1. The van der Waals surface area contributed by atoms with Gasteiger partial charge in [0.05, 0.1) is 36.7 Å². The van der Waals surface area contributed by atoms with Crippen molar-refractivity contribution >= 4 is 11.6 Å². The highest BCUT2D eigenvalue weighted by molar-refractivity contribution is 6.32. The molecule has 0 spiro atoms. The zero-order valence-electron chi connectivity index (χ0n) is 14.8. The summed E-state index contributed by atoms with van der Waals surface area (Å²) in [6.45, 7) is 7.89. The van der Waals surface area contributed by atoms with Crippen LogP contribution in [0.4, 0.5) is 0 Å². The van der Waals surface area contributed by atoms with Crippen LogP contribution in [0.1, 0.15) is 41.0 Å². The number of methoxy groups -OCH3 is 2. The van der Waals surface area contributed by atoms with Crippen molar-refractivity contribution in [1.82, 2.24) is 9.88 Å². The highest BCUT2D eigenvalue weighted by atomic mass is 35.5. The van der Waals surface area contributed by atoms with E-state index < -0.39 is 0 Å². The molecule has 0 aliphatic carbocycles. The number of aryl methyl sites for hydroxylation is 1. The van der Waals surface area contributed by atoms with Gasteiger partial charge in [0.2, 0.25) is 0 Å². The molecule has 0 bridgehead atoms. The number of hydrogen-bond donors (Lipinski definition) is 0. The van der Waals surface area contributed by atoms with Crippen molar-refractivity contribution < 1.29 is 9.47 Å². The van der Waals surface area contributed by atoms with E-state index in [-0.39, 0.29) is 6.04 Å². The summed E-state index contributed by atoms with van der Waals surface area (Å²) < 4.78 is 10.8. The van der Waals surface area contributed by atoms with Crippen LogP contribution >= 0.6 is 11.6 Å². The minimum Gasteiger partial charge on any atom is -0.497 e. The molecule has 1 aromatic carbocycles. The van der Waals surface area contributed by atoms with Gasteiger partial charge in [-0.1, -0.05) is 17.7 Å². The van der Waals surface area contributed by atoms with E-state index in [9.17, 15) is 0 Å². The van der Waals surface area contributed by atoms with Crippen molar-refractivity contribution in [2.45, 2.75) is 39.9 Å². The monoisotopic (exact) mass is 346 g/mol. The Morgan fingerprint density at radius 3 is 2.67 bits per heavy atom. The SMILES string of the molecule is COc1ccc(CN2Cc3c(nc(C)c(Cl)c3C)C2C)c(OC)c1. The van der Waals surface area contributed by atoms with Crippen LogP contribution in [-0.4, -0.2) is 24.1 Å². The summed E-state index contributed by atoms with van der Waals surface area (Å²) in [6.07, 6.45) is 0. The molecule has 0 N–H and O–H groups in total. The first kappa shape index (κ1) is 17.1. The maximum Gasteiger partial charge on any atom is 0.127 e. The molecule has 4 nitrogen and oxygen atoms in total. The van der Waals surface area contributed by atoms with Gasteiger partial charge in [0, 0.05) is 24.7 Å². The molecule has 0 fully saturated rings. The Kier molecular flexibility index (Phi) is 4.70. The van der Waals surface area contributed by atoms with Gasteiger partial charge >= 0.3 is 0 Å². The number of ether oxygens (including phenoxy) is 2. The van der Waals surface area contributed by atoms with Crippen molar-refractivity contribution in [3.63, 3.8) is 0 Å². The molecule has 5 heteroatoms. The molecule has 1 aromatic heterocycles. The molecule has 1 unspecified atom stereocenters. The average molecular weight is 347 g/mol. The Hall–Kier alpha value is -1.78. The van der Waals surface area contributed by atoms with Crippen LogP contribution in [0.25, 0.3) is 0 Å². The normalized spacial score (nSPS) is 17.0. The summed E-state index contributed by atoms with van der Waals surface area (Å²) in [5.74, 6) is 1.64. The lowest BCUT2D eigenvalue weighted by Crippen LogP contribution is -2.20. The third kappa shape index (κ3) is 2.85. The first-order chi connectivity index (χ1) is 11.5. The molecule has 0 saturated carbocycles. The van der Waals surface area contributed by atoms with Gasteiger partial charge in [0.15, 0.2) is 0 Å². The second kappa shape index (κ2) is 6.61. The van der Waals surface area contributed by atoms with Crippen molar-refractivity contribution in [2.75, 3.05) is 14.2 Å². The topological polar surface area (TPSA) is 34.6 Å². The van der Waals surface area contributed by atoms with Crippen LogP contribution in [0, 0.1) is 13.8 Å². The second-order valence-electron chi connectivity index (χ2n) is 6.26. The summed E-state index contributed by atoms with van der Waals surface area (Å²) >= 11 is 6.38. The van der Waals surface area contributed by atoms with Gasteiger partial charge in [-0.15, -0.1) is 0 Å². The lowest BCUT2D eigenvalue weighted by Gasteiger charge is -2.22. The van der Waals surface area contributed by atoms with Crippen LogP contribution in [-0.2, 0) is 13.1 Å². The largest absolute Gasteiger partial charge is 0.497 e. The van der Waals surface area contributed by atoms with Crippen LogP contribution in [0.2, 0.25) is 5.02 Å². The maximum absolute atomic E-state index is 6.38. The van der Waals surface area contributed by atoms with Crippen LogP contribution < -0.4 is 9.47 Å². The molecule has 1 aliphatic heterocycles. The Morgan fingerprint density at radius 2 is 2.00 bits per heavy atom. The third-order valence-corrected chi connectivity index (χ3v) is 5.43. The van der Waals surface area contributed by atoms with E-state index >= 15 is 0 Å². The number of halogens is 1. The van der Waals surface area contributed by atoms with Gasteiger partial charge in [0.1, 0.15) is 11.5 Å². The number of nitrogens with zero attached hydrogens (tertiary/aromatic N) is 2. The molecule has 0 radical (unpaired) electrons. The number of hydrogen-bond acceptors (Lipinski definition) is 4. The Labute approximate surface area is 148 Å². The molecule has 3 rings (SSSR count). The van der Waals surface area contributed by atoms with Crippen molar-refractivity contribution in [3.8, 4) is 11.5 Å². The van der Waals surface area contributed by atoms with Crippen molar-refractivity contribution in [1.29, 1.82) is 0 Å². The minimum absolute atomic E-state index is 0.251. The van der Waals surface area contributed by atoms with Gasteiger partial charge in [-0.2, -0.15) is 0 Å². The summed E-state index contributed by atoms with van der Waals surface area (Å²) in [6, 6.07) is 6.21. The van der Waals surface area contributed by atoms with Crippen LogP contribution in [0.3, 0.4) is 0 Å². The quantitative estimate of drug-likeness (QED) is 0.819. The lowest BCUT2D eigenvalue weighted by atomic mass is 10.1. The zero-order chi connectivity index (χ0) is 17.4. The number of rotatable bonds is 4. The minimum atomic E-state index is 0.251. The van der Waals surface area contributed by atoms with Crippen molar-refractivity contribution in [3.05, 3.63) is 51.3 Å². The van der Waals surface area contributed by atoms with Gasteiger partial charge in [-0.05, 0) is 38.0 Å². The predicted octanol–water partition coefficient (Wildman–Crippen LogP) is 4.45. The van der Waals surface area contributed by atoms with Crippen LogP contribution in [0.5, 0.6) is 11.5 Å². The van der Waals surface area contributed by atoms with E-state index in [0.717, 1.165) is 52.1 Å². The fourth-order valence-corrected chi connectivity index (χ4v) is 3.50. The summed E-state index contributed by atoms with van der Waals surface area (Å²) in [4.78, 5) is 7.13. The van der Waals surface area contributed by atoms with Crippen molar-refractivity contribution in [2.24, 2.45) is 0 Å². The van der Waals surface area contributed by atoms with E-state index in [1.807, 2.05) is 19.1 Å².